The maximum atomic E-state index is 9.34. The summed E-state index contributed by atoms with van der Waals surface area (Å²) in [7, 11) is 1.57. The van der Waals surface area contributed by atoms with Crippen molar-refractivity contribution in [1.82, 2.24) is 4.98 Å². The second kappa shape index (κ2) is 3.46. The molecule has 0 unspecified atom stereocenters. The van der Waals surface area contributed by atoms with E-state index in [-0.39, 0.29) is 5.75 Å². The Bertz CT molecular complexity index is 485. The van der Waals surface area contributed by atoms with E-state index < -0.39 is 0 Å². The lowest BCUT2D eigenvalue weighted by atomic mass is 10.1. The average molecular weight is 254 g/mol. The highest BCUT2D eigenvalue weighted by molar-refractivity contribution is 9.10. The van der Waals surface area contributed by atoms with Crippen molar-refractivity contribution in [2.45, 2.75) is 0 Å². The molecular formula is C10H8BrNO2. The van der Waals surface area contributed by atoms with Gasteiger partial charge in [0.1, 0.15) is 5.75 Å². The van der Waals surface area contributed by atoms with Crippen molar-refractivity contribution in [3.63, 3.8) is 0 Å². The number of ether oxygens (including phenoxy) is 1. The van der Waals surface area contributed by atoms with Crippen molar-refractivity contribution in [3.8, 4) is 11.6 Å². The first-order valence-electron chi connectivity index (χ1n) is 4.03. The molecule has 2 aromatic rings. The normalized spacial score (nSPS) is 10.4. The molecule has 1 N–H and O–H groups in total. The van der Waals surface area contributed by atoms with Gasteiger partial charge in [-0.25, -0.2) is 4.98 Å². The number of aromatic hydroxyl groups is 1. The molecule has 4 heteroatoms. The molecule has 2 rings (SSSR count). The van der Waals surface area contributed by atoms with Crippen molar-refractivity contribution < 1.29 is 9.84 Å². The lowest BCUT2D eigenvalue weighted by Crippen LogP contribution is -1.89. The van der Waals surface area contributed by atoms with E-state index in [1.165, 1.54) is 0 Å². The Balaban J connectivity index is 2.84. The molecule has 0 atom stereocenters. The zero-order valence-corrected chi connectivity index (χ0v) is 9.08. The first-order chi connectivity index (χ1) is 6.72. The Hall–Kier alpha value is -1.29. The van der Waals surface area contributed by atoms with Gasteiger partial charge in [-0.2, -0.15) is 0 Å². The first kappa shape index (κ1) is 9.27. The number of benzene rings is 1. The van der Waals surface area contributed by atoms with Gasteiger partial charge in [-0.05, 0) is 34.1 Å². The van der Waals surface area contributed by atoms with E-state index in [0.29, 0.717) is 5.88 Å². The average Bonchev–Trinajstić information content (AvgIpc) is 2.19. The number of rotatable bonds is 1. The lowest BCUT2D eigenvalue weighted by molar-refractivity contribution is 0.403. The maximum absolute atomic E-state index is 9.34. The fraction of sp³-hybridized carbons (Fsp3) is 0.100. The van der Waals surface area contributed by atoms with E-state index in [0.717, 1.165) is 15.2 Å². The van der Waals surface area contributed by atoms with Gasteiger partial charge in [-0.3, -0.25) is 0 Å². The van der Waals surface area contributed by atoms with Crippen LogP contribution in [0.5, 0.6) is 11.6 Å². The van der Waals surface area contributed by atoms with Gasteiger partial charge in [0.25, 0.3) is 0 Å². The summed E-state index contributed by atoms with van der Waals surface area (Å²) in [6.45, 7) is 0. The molecule has 0 saturated carbocycles. The highest BCUT2D eigenvalue weighted by atomic mass is 79.9. The molecule has 3 nitrogen and oxygen atoms in total. The van der Waals surface area contributed by atoms with Gasteiger partial charge in [-0.1, -0.05) is 0 Å². The predicted octanol–water partition coefficient (Wildman–Crippen LogP) is 2.71. The first-order valence-corrected chi connectivity index (χ1v) is 4.83. The number of fused-ring (bicyclic) bond motifs is 1. The molecule has 0 radical (unpaired) electrons. The zero-order chi connectivity index (χ0) is 10.1. The van der Waals surface area contributed by atoms with E-state index in [1.54, 1.807) is 31.5 Å². The minimum absolute atomic E-state index is 0.228. The molecule has 0 amide bonds. The maximum Gasteiger partial charge on any atom is 0.221 e. The van der Waals surface area contributed by atoms with Crippen molar-refractivity contribution in [3.05, 3.63) is 28.9 Å². The second-order valence-electron chi connectivity index (χ2n) is 2.85. The number of aromatic nitrogens is 1. The van der Waals surface area contributed by atoms with E-state index in [4.69, 9.17) is 4.74 Å². The van der Waals surface area contributed by atoms with Crippen molar-refractivity contribution >= 4 is 26.7 Å². The molecular weight excluding hydrogens is 246 g/mol. The highest BCUT2D eigenvalue weighted by Gasteiger charge is 2.06. The lowest BCUT2D eigenvalue weighted by Gasteiger charge is -2.05. The van der Waals surface area contributed by atoms with Gasteiger partial charge in [0.05, 0.1) is 7.11 Å². The van der Waals surface area contributed by atoms with Crippen molar-refractivity contribution in [2.75, 3.05) is 7.11 Å². The van der Waals surface area contributed by atoms with Crippen LogP contribution >= 0.6 is 15.9 Å². The monoisotopic (exact) mass is 253 g/mol. The standard InChI is InChI=1S/C10H8BrNO2/c1-14-10-7-3-2-6(13)4-8(7)9(11)5-12-10/h2-5,13H,1H3. The third-order valence-corrected chi connectivity index (χ3v) is 2.61. The van der Waals surface area contributed by atoms with Gasteiger partial charge >= 0.3 is 0 Å². The summed E-state index contributed by atoms with van der Waals surface area (Å²) in [6.07, 6.45) is 1.65. The number of pyridine rings is 1. The van der Waals surface area contributed by atoms with Crippen LogP contribution in [0.1, 0.15) is 0 Å². The van der Waals surface area contributed by atoms with Crippen LogP contribution in [0.2, 0.25) is 0 Å². The van der Waals surface area contributed by atoms with Crippen LogP contribution in [0, 0.1) is 0 Å². The predicted molar refractivity (Wildman–Crippen MR) is 57.7 cm³/mol. The molecule has 72 valence electrons. The van der Waals surface area contributed by atoms with Crippen LogP contribution in [-0.4, -0.2) is 17.2 Å². The van der Waals surface area contributed by atoms with Crippen LogP contribution in [0.25, 0.3) is 10.8 Å². The summed E-state index contributed by atoms with van der Waals surface area (Å²) in [6, 6.07) is 5.06. The molecule has 1 aromatic heterocycles. The molecule has 0 aliphatic rings. The van der Waals surface area contributed by atoms with E-state index in [2.05, 4.69) is 20.9 Å². The van der Waals surface area contributed by atoms with Crippen molar-refractivity contribution in [2.24, 2.45) is 0 Å². The summed E-state index contributed by atoms with van der Waals surface area (Å²) in [5.74, 6) is 0.787. The van der Waals surface area contributed by atoms with Crippen LogP contribution in [-0.2, 0) is 0 Å². The number of halogens is 1. The Morgan fingerprint density at radius 2 is 2.14 bits per heavy atom. The molecule has 0 saturated heterocycles. The Morgan fingerprint density at radius 3 is 2.86 bits per heavy atom. The van der Waals surface area contributed by atoms with E-state index >= 15 is 0 Å². The summed E-state index contributed by atoms with van der Waals surface area (Å²) in [4.78, 5) is 4.10. The third-order valence-electron chi connectivity index (χ3n) is 1.98. The molecule has 0 bridgehead atoms. The molecule has 0 fully saturated rings. The molecule has 0 aliphatic carbocycles. The number of phenolic OH excluding ortho intramolecular Hbond substituents is 1. The van der Waals surface area contributed by atoms with E-state index in [1.807, 2.05) is 0 Å². The Kier molecular flexibility index (Phi) is 2.29. The number of hydrogen-bond donors (Lipinski definition) is 1. The summed E-state index contributed by atoms with van der Waals surface area (Å²) >= 11 is 3.37. The Labute approximate surface area is 89.5 Å². The third kappa shape index (κ3) is 1.42. The summed E-state index contributed by atoms with van der Waals surface area (Å²) < 4.78 is 5.95. The highest BCUT2D eigenvalue weighted by Crippen LogP contribution is 2.31. The number of nitrogens with zero attached hydrogens (tertiary/aromatic N) is 1. The smallest absolute Gasteiger partial charge is 0.221 e. The molecule has 14 heavy (non-hydrogen) atoms. The number of methoxy groups -OCH3 is 1. The van der Waals surface area contributed by atoms with Crippen LogP contribution in [0.4, 0.5) is 0 Å². The van der Waals surface area contributed by atoms with Crippen LogP contribution < -0.4 is 4.74 Å². The SMILES string of the molecule is COc1ncc(Br)c2cc(O)ccc12. The number of phenols is 1. The second-order valence-corrected chi connectivity index (χ2v) is 3.70. The topological polar surface area (TPSA) is 42.4 Å². The van der Waals surface area contributed by atoms with Gasteiger partial charge in [-0.15, -0.1) is 0 Å². The van der Waals surface area contributed by atoms with Gasteiger partial charge in [0, 0.05) is 21.4 Å². The van der Waals surface area contributed by atoms with Gasteiger partial charge in [0.2, 0.25) is 5.88 Å². The Morgan fingerprint density at radius 1 is 1.36 bits per heavy atom. The zero-order valence-electron chi connectivity index (χ0n) is 7.49. The molecule has 1 aromatic carbocycles. The molecule has 0 spiro atoms. The molecule has 0 aliphatic heterocycles. The largest absolute Gasteiger partial charge is 0.508 e. The van der Waals surface area contributed by atoms with Crippen LogP contribution in [0.15, 0.2) is 28.9 Å². The summed E-state index contributed by atoms with van der Waals surface area (Å²) in [5.41, 5.74) is 0. The minimum Gasteiger partial charge on any atom is -0.508 e. The van der Waals surface area contributed by atoms with Gasteiger partial charge < -0.3 is 9.84 Å². The van der Waals surface area contributed by atoms with Crippen LogP contribution in [0.3, 0.4) is 0 Å². The minimum atomic E-state index is 0.228. The fourth-order valence-electron chi connectivity index (χ4n) is 1.33. The fourth-order valence-corrected chi connectivity index (χ4v) is 1.76. The van der Waals surface area contributed by atoms with Crippen molar-refractivity contribution in [1.29, 1.82) is 0 Å². The quantitative estimate of drug-likeness (QED) is 0.850. The molecule has 1 heterocycles. The summed E-state index contributed by atoms with van der Waals surface area (Å²) in [5, 5.41) is 11.1. The van der Waals surface area contributed by atoms with E-state index in [9.17, 15) is 5.11 Å². The number of hydrogen-bond acceptors (Lipinski definition) is 3. The van der Waals surface area contributed by atoms with Gasteiger partial charge in [0.15, 0.2) is 0 Å².